The third kappa shape index (κ3) is 5.65. The molecular formula is C32H32OSi. The molecule has 0 fully saturated rings. The molecule has 4 aromatic rings. The normalized spacial score (nSPS) is 11.6. The zero-order valence-corrected chi connectivity index (χ0v) is 21.0. The Kier molecular flexibility index (Phi) is 7.95. The summed E-state index contributed by atoms with van der Waals surface area (Å²) < 4.78 is 7.32. The van der Waals surface area contributed by atoms with Crippen molar-refractivity contribution in [1.29, 1.82) is 0 Å². The molecule has 0 bridgehead atoms. The molecule has 0 aromatic heterocycles. The van der Waals surface area contributed by atoms with Gasteiger partial charge in [-0.2, -0.15) is 0 Å². The maximum Gasteiger partial charge on any atom is 0.346 e. The highest BCUT2D eigenvalue weighted by atomic mass is 28.4. The quantitative estimate of drug-likeness (QED) is 0.126. The number of allylic oxidation sites excluding steroid dienone is 3. The molecular weight excluding hydrogens is 428 g/mol. The Hall–Kier alpha value is -3.62. The van der Waals surface area contributed by atoms with Crippen LogP contribution in [0.3, 0.4) is 0 Å². The second-order valence-corrected chi connectivity index (χ2v) is 12.0. The molecule has 2 heteroatoms. The highest BCUT2D eigenvalue weighted by molar-refractivity contribution is 7.07. The van der Waals surface area contributed by atoms with Gasteiger partial charge in [-0.3, -0.25) is 0 Å². The number of benzene rings is 4. The molecule has 0 radical (unpaired) electrons. The first kappa shape index (κ1) is 23.5. The van der Waals surface area contributed by atoms with Crippen molar-refractivity contribution in [2.45, 2.75) is 26.7 Å². The van der Waals surface area contributed by atoms with Crippen LogP contribution in [-0.2, 0) is 10.8 Å². The second-order valence-electron chi connectivity index (χ2n) is 8.73. The lowest BCUT2D eigenvalue weighted by Crippen LogP contribution is -2.69. The van der Waals surface area contributed by atoms with E-state index < -0.39 is 8.32 Å². The Balaban J connectivity index is 1.88. The van der Waals surface area contributed by atoms with Crippen molar-refractivity contribution in [3.8, 4) is 0 Å². The van der Waals surface area contributed by atoms with Crippen LogP contribution >= 0.6 is 0 Å². The van der Waals surface area contributed by atoms with Gasteiger partial charge < -0.3 is 4.43 Å². The molecule has 1 nitrogen and oxygen atoms in total. The third-order valence-corrected chi connectivity index (χ3v) is 9.95. The predicted octanol–water partition coefficient (Wildman–Crippen LogP) is 6.15. The second kappa shape index (κ2) is 11.5. The molecule has 170 valence electrons. The molecule has 0 aliphatic heterocycles. The van der Waals surface area contributed by atoms with Crippen LogP contribution < -0.4 is 15.6 Å². The van der Waals surface area contributed by atoms with Gasteiger partial charge in [0.05, 0.1) is 5.76 Å². The fraction of sp³-hybridized carbons (Fsp3) is 0.125. The monoisotopic (exact) mass is 460 g/mol. The van der Waals surface area contributed by atoms with E-state index in [1.165, 1.54) is 26.7 Å². The van der Waals surface area contributed by atoms with Crippen molar-refractivity contribution in [3.63, 3.8) is 0 Å². The number of hydrogen-bond acceptors (Lipinski definition) is 1. The van der Waals surface area contributed by atoms with Crippen LogP contribution in [0.4, 0.5) is 0 Å². The summed E-state index contributed by atoms with van der Waals surface area (Å²) in [5, 5.41) is 3.74. The molecule has 0 N–H and O–H groups in total. The lowest BCUT2D eigenvalue weighted by atomic mass is 10.1. The van der Waals surface area contributed by atoms with Crippen LogP contribution in [-0.4, -0.2) is 8.32 Å². The summed E-state index contributed by atoms with van der Waals surface area (Å²) in [6.45, 7) is 4.29. The summed E-state index contributed by atoms with van der Waals surface area (Å²) in [7, 11) is -2.79. The maximum absolute atomic E-state index is 7.32. The summed E-state index contributed by atoms with van der Waals surface area (Å²) in [5.74, 6) is 1.02. The van der Waals surface area contributed by atoms with E-state index in [0.29, 0.717) is 0 Å². The Bertz CT molecular complexity index is 1110. The minimum Gasteiger partial charge on any atom is -0.534 e. The Morgan fingerprint density at radius 2 is 1.00 bits per heavy atom. The number of rotatable bonds is 9. The highest BCUT2D eigenvalue weighted by Crippen LogP contribution is 2.19. The molecule has 0 saturated carbocycles. The SMILES string of the molecule is CC(C)=CC/C(=C/Cc1ccccc1)O[Si](c1ccccc1)(c1ccccc1)c1ccccc1. The lowest BCUT2D eigenvalue weighted by molar-refractivity contribution is 0.424. The topological polar surface area (TPSA) is 9.23 Å². The molecule has 0 amide bonds. The van der Waals surface area contributed by atoms with E-state index in [9.17, 15) is 0 Å². The van der Waals surface area contributed by atoms with Crippen LogP contribution in [0.15, 0.2) is 145 Å². The van der Waals surface area contributed by atoms with Crippen molar-refractivity contribution >= 4 is 23.9 Å². The van der Waals surface area contributed by atoms with Crippen LogP contribution in [0.25, 0.3) is 0 Å². The van der Waals surface area contributed by atoms with Gasteiger partial charge in [0.1, 0.15) is 0 Å². The first-order valence-electron chi connectivity index (χ1n) is 11.9. The van der Waals surface area contributed by atoms with E-state index in [0.717, 1.165) is 18.6 Å². The largest absolute Gasteiger partial charge is 0.534 e. The fourth-order valence-electron chi connectivity index (χ4n) is 4.21. The average molecular weight is 461 g/mol. The van der Waals surface area contributed by atoms with E-state index in [1.54, 1.807) is 0 Å². The smallest absolute Gasteiger partial charge is 0.346 e. The van der Waals surface area contributed by atoms with Crippen LogP contribution in [0.2, 0.25) is 0 Å². The Labute approximate surface area is 205 Å². The summed E-state index contributed by atoms with van der Waals surface area (Å²) in [6.07, 6.45) is 6.15. The molecule has 0 aliphatic carbocycles. The van der Waals surface area contributed by atoms with E-state index in [2.05, 4.69) is 147 Å². The Morgan fingerprint density at radius 3 is 1.41 bits per heavy atom. The third-order valence-electron chi connectivity index (χ3n) is 5.94. The van der Waals surface area contributed by atoms with Gasteiger partial charge in [-0.15, -0.1) is 0 Å². The minimum atomic E-state index is -2.79. The van der Waals surface area contributed by atoms with Gasteiger partial charge in [0, 0.05) is 6.42 Å². The van der Waals surface area contributed by atoms with E-state index in [1.807, 2.05) is 0 Å². The molecule has 4 rings (SSSR count). The van der Waals surface area contributed by atoms with E-state index in [4.69, 9.17) is 4.43 Å². The van der Waals surface area contributed by atoms with Crippen molar-refractivity contribution in [1.82, 2.24) is 0 Å². The molecule has 0 spiro atoms. The molecule has 0 aliphatic rings. The van der Waals surface area contributed by atoms with Gasteiger partial charge in [0.2, 0.25) is 0 Å². The predicted molar refractivity (Wildman–Crippen MR) is 147 cm³/mol. The van der Waals surface area contributed by atoms with Gasteiger partial charge >= 0.3 is 8.32 Å². The molecule has 0 atom stereocenters. The zero-order valence-electron chi connectivity index (χ0n) is 20.0. The van der Waals surface area contributed by atoms with Gasteiger partial charge in [0.25, 0.3) is 0 Å². The minimum absolute atomic E-state index is 0.774. The highest BCUT2D eigenvalue weighted by Gasteiger charge is 2.44. The van der Waals surface area contributed by atoms with Crippen LogP contribution in [0.1, 0.15) is 25.8 Å². The van der Waals surface area contributed by atoms with Gasteiger partial charge in [-0.25, -0.2) is 0 Å². The van der Waals surface area contributed by atoms with Crippen molar-refractivity contribution in [2.24, 2.45) is 0 Å². The van der Waals surface area contributed by atoms with E-state index >= 15 is 0 Å². The van der Waals surface area contributed by atoms with Crippen LogP contribution in [0.5, 0.6) is 0 Å². The van der Waals surface area contributed by atoms with E-state index in [-0.39, 0.29) is 0 Å². The van der Waals surface area contributed by atoms with Crippen LogP contribution in [0, 0.1) is 0 Å². The molecule has 0 heterocycles. The standard InChI is InChI=1S/C32H32OSi/c1-27(2)23-25-29(26-24-28-15-7-3-8-16-28)33-34(30-17-9-4-10-18-30,31-19-11-5-12-20-31)32-21-13-6-14-22-32/h3-23,26H,24-25H2,1-2H3/b29-26-. The molecule has 4 aromatic carbocycles. The van der Waals surface area contributed by atoms with Crippen molar-refractivity contribution < 1.29 is 4.43 Å². The average Bonchev–Trinajstić information content (AvgIpc) is 2.90. The first-order chi connectivity index (χ1) is 16.7. The summed E-state index contributed by atoms with van der Waals surface area (Å²) in [4.78, 5) is 0. The number of hydrogen-bond donors (Lipinski definition) is 0. The maximum atomic E-state index is 7.32. The zero-order chi connectivity index (χ0) is 23.6. The van der Waals surface area contributed by atoms with Gasteiger partial charge in [0.15, 0.2) is 0 Å². The van der Waals surface area contributed by atoms with Gasteiger partial charge in [-0.1, -0.05) is 133 Å². The Morgan fingerprint density at radius 1 is 0.588 bits per heavy atom. The lowest BCUT2D eigenvalue weighted by Gasteiger charge is -2.34. The first-order valence-corrected chi connectivity index (χ1v) is 13.8. The summed E-state index contributed by atoms with van der Waals surface area (Å²) in [6, 6.07) is 42.9. The fourth-order valence-corrected chi connectivity index (χ4v) is 8.11. The molecule has 0 unspecified atom stereocenters. The summed E-state index contributed by atoms with van der Waals surface area (Å²) >= 11 is 0. The van der Waals surface area contributed by atoms with Crippen molar-refractivity contribution in [3.05, 3.63) is 150 Å². The van der Waals surface area contributed by atoms with Crippen molar-refractivity contribution in [2.75, 3.05) is 0 Å². The van der Waals surface area contributed by atoms with Gasteiger partial charge in [-0.05, 0) is 47.5 Å². The molecule has 0 saturated heterocycles. The summed E-state index contributed by atoms with van der Waals surface area (Å²) in [5.41, 5.74) is 2.58. The molecule has 34 heavy (non-hydrogen) atoms.